The quantitative estimate of drug-likeness (QED) is 0.619. The van der Waals surface area contributed by atoms with Gasteiger partial charge in [0.25, 0.3) is 0 Å². The lowest BCUT2D eigenvalue weighted by Gasteiger charge is -2.35. The molecule has 3 unspecified atom stereocenters. The molecule has 0 aromatic rings. The van der Waals surface area contributed by atoms with E-state index in [-0.39, 0.29) is 12.5 Å². The van der Waals surface area contributed by atoms with E-state index in [0.29, 0.717) is 12.0 Å². The molecule has 0 radical (unpaired) electrons. The van der Waals surface area contributed by atoms with Crippen molar-refractivity contribution in [1.82, 2.24) is 15.5 Å². The van der Waals surface area contributed by atoms with Crippen LogP contribution in [0, 0.1) is 5.92 Å². The van der Waals surface area contributed by atoms with Gasteiger partial charge in [0, 0.05) is 26.1 Å². The molecule has 0 bridgehead atoms. The van der Waals surface area contributed by atoms with Crippen LogP contribution in [0.1, 0.15) is 20.3 Å². The first-order valence-corrected chi connectivity index (χ1v) is 6.32. The minimum absolute atomic E-state index is 0.271. The van der Waals surface area contributed by atoms with Crippen LogP contribution in [-0.4, -0.2) is 60.6 Å². The summed E-state index contributed by atoms with van der Waals surface area (Å²) in [5, 5.41) is 14.7. The van der Waals surface area contributed by atoms with Crippen molar-refractivity contribution in [2.45, 2.75) is 32.4 Å². The fourth-order valence-electron chi connectivity index (χ4n) is 2.37. The molecule has 0 aliphatic carbocycles. The first kappa shape index (κ1) is 14.9. The summed E-state index contributed by atoms with van der Waals surface area (Å²) in [5.41, 5.74) is 0. The average Bonchev–Trinajstić information content (AvgIpc) is 2.25. The number of carboxylic acid groups (broad SMARTS) is 1. The zero-order valence-corrected chi connectivity index (χ0v) is 11.3. The van der Waals surface area contributed by atoms with Crippen LogP contribution in [0.5, 0.6) is 0 Å². The van der Waals surface area contributed by atoms with Crippen molar-refractivity contribution in [1.29, 1.82) is 0 Å². The lowest BCUT2D eigenvalue weighted by molar-refractivity contribution is -0.141. The number of carboxylic acids is 1. The van der Waals surface area contributed by atoms with Crippen LogP contribution >= 0.6 is 0 Å². The topological polar surface area (TPSA) is 81.7 Å². The summed E-state index contributed by atoms with van der Waals surface area (Å²) in [5.74, 6) is -0.838. The molecule has 104 valence electrons. The molecule has 6 nitrogen and oxygen atoms in total. The van der Waals surface area contributed by atoms with Crippen LogP contribution in [0.15, 0.2) is 0 Å². The fraction of sp³-hybridized carbons (Fsp3) is 0.833. The third kappa shape index (κ3) is 4.62. The zero-order chi connectivity index (χ0) is 13.7. The van der Waals surface area contributed by atoms with E-state index in [1.165, 1.54) is 6.92 Å². The predicted octanol–water partition coefficient (Wildman–Crippen LogP) is -0.494. The fourth-order valence-corrected chi connectivity index (χ4v) is 2.37. The van der Waals surface area contributed by atoms with Crippen LogP contribution in [0.3, 0.4) is 0 Å². The summed E-state index contributed by atoms with van der Waals surface area (Å²) in [6, 6.07) is -0.536. The highest BCUT2D eigenvalue weighted by Crippen LogP contribution is 2.15. The zero-order valence-electron chi connectivity index (χ0n) is 11.3. The number of carbonyl (C=O) groups excluding carboxylic acids is 1. The van der Waals surface area contributed by atoms with Crippen molar-refractivity contribution < 1.29 is 14.7 Å². The molecule has 1 rings (SSSR count). The second kappa shape index (κ2) is 6.70. The summed E-state index contributed by atoms with van der Waals surface area (Å²) in [6.07, 6.45) is 1.00. The third-order valence-corrected chi connectivity index (χ3v) is 3.37. The van der Waals surface area contributed by atoms with Gasteiger partial charge < -0.3 is 20.6 Å². The van der Waals surface area contributed by atoms with Gasteiger partial charge in [-0.15, -0.1) is 0 Å². The molecular formula is C12H23N3O3. The standard InChI is InChI=1S/C12H23N3O3/c1-8-7-15(3)5-4-10(8)13-6-11(12(17)18)14-9(2)16/h8,10-11,13H,4-7H2,1-3H3,(H,14,16)(H,17,18). The van der Waals surface area contributed by atoms with E-state index in [0.717, 1.165) is 19.5 Å². The number of carbonyl (C=O) groups is 2. The van der Waals surface area contributed by atoms with Gasteiger partial charge in [-0.2, -0.15) is 0 Å². The average molecular weight is 257 g/mol. The smallest absolute Gasteiger partial charge is 0.327 e. The Balaban J connectivity index is 2.42. The van der Waals surface area contributed by atoms with E-state index in [2.05, 4.69) is 29.5 Å². The molecule has 3 N–H and O–H groups in total. The van der Waals surface area contributed by atoms with E-state index in [9.17, 15) is 9.59 Å². The summed E-state index contributed by atoms with van der Waals surface area (Å²) in [4.78, 5) is 24.2. The monoisotopic (exact) mass is 257 g/mol. The highest BCUT2D eigenvalue weighted by Gasteiger charge is 2.26. The van der Waals surface area contributed by atoms with Gasteiger partial charge in [0.05, 0.1) is 0 Å². The van der Waals surface area contributed by atoms with E-state index >= 15 is 0 Å². The second-order valence-electron chi connectivity index (χ2n) is 5.13. The summed E-state index contributed by atoms with van der Waals surface area (Å²) >= 11 is 0. The van der Waals surface area contributed by atoms with Crippen LogP contribution in [0.2, 0.25) is 0 Å². The molecule has 1 heterocycles. The molecular weight excluding hydrogens is 234 g/mol. The number of aliphatic carboxylic acids is 1. The molecule has 1 saturated heterocycles. The Morgan fingerprint density at radius 3 is 2.67 bits per heavy atom. The van der Waals surface area contributed by atoms with Crippen molar-refractivity contribution in [3.8, 4) is 0 Å². The SMILES string of the molecule is CC(=O)NC(CNC1CCN(C)CC1C)C(=O)O. The van der Waals surface area contributed by atoms with Gasteiger partial charge in [-0.05, 0) is 25.9 Å². The highest BCUT2D eigenvalue weighted by atomic mass is 16.4. The highest BCUT2D eigenvalue weighted by molar-refractivity contribution is 5.82. The Hall–Kier alpha value is -1.14. The maximum atomic E-state index is 11.0. The number of rotatable bonds is 5. The van der Waals surface area contributed by atoms with Crippen molar-refractivity contribution in [3.05, 3.63) is 0 Å². The third-order valence-electron chi connectivity index (χ3n) is 3.37. The Labute approximate surface area is 108 Å². The van der Waals surface area contributed by atoms with Crippen LogP contribution in [0.25, 0.3) is 0 Å². The second-order valence-corrected chi connectivity index (χ2v) is 5.13. The molecule has 1 fully saturated rings. The molecule has 0 aromatic carbocycles. The summed E-state index contributed by atoms with van der Waals surface area (Å²) < 4.78 is 0. The van der Waals surface area contributed by atoms with Gasteiger partial charge in [0.15, 0.2) is 0 Å². The summed E-state index contributed by atoms with van der Waals surface area (Å²) in [6.45, 7) is 5.78. The molecule has 6 heteroatoms. The Morgan fingerprint density at radius 1 is 1.50 bits per heavy atom. The number of likely N-dealkylation sites (tertiary alicyclic amines) is 1. The number of hydrogen-bond acceptors (Lipinski definition) is 4. The number of piperidine rings is 1. The van der Waals surface area contributed by atoms with E-state index in [1.807, 2.05) is 0 Å². The first-order chi connectivity index (χ1) is 8.40. The Morgan fingerprint density at radius 2 is 2.17 bits per heavy atom. The molecule has 1 aliphatic heterocycles. The van der Waals surface area contributed by atoms with Crippen molar-refractivity contribution >= 4 is 11.9 Å². The number of nitrogens with zero attached hydrogens (tertiary/aromatic N) is 1. The molecule has 1 amide bonds. The number of hydrogen-bond donors (Lipinski definition) is 3. The lowest BCUT2D eigenvalue weighted by atomic mass is 9.94. The molecule has 1 aliphatic rings. The van der Waals surface area contributed by atoms with Crippen molar-refractivity contribution in [2.75, 3.05) is 26.7 Å². The Bertz CT molecular complexity index is 309. The van der Waals surface area contributed by atoms with Crippen LogP contribution in [-0.2, 0) is 9.59 Å². The maximum absolute atomic E-state index is 11.0. The van der Waals surface area contributed by atoms with Gasteiger partial charge in [-0.25, -0.2) is 4.79 Å². The van der Waals surface area contributed by atoms with Gasteiger partial charge in [-0.1, -0.05) is 6.92 Å². The molecule has 0 aromatic heterocycles. The van der Waals surface area contributed by atoms with Gasteiger partial charge >= 0.3 is 5.97 Å². The number of amides is 1. The predicted molar refractivity (Wildman–Crippen MR) is 68.3 cm³/mol. The summed E-state index contributed by atoms with van der Waals surface area (Å²) in [7, 11) is 2.09. The maximum Gasteiger partial charge on any atom is 0.327 e. The first-order valence-electron chi connectivity index (χ1n) is 6.32. The van der Waals surface area contributed by atoms with Crippen LogP contribution < -0.4 is 10.6 Å². The van der Waals surface area contributed by atoms with Gasteiger partial charge in [-0.3, -0.25) is 4.79 Å². The number of nitrogens with one attached hydrogen (secondary N) is 2. The van der Waals surface area contributed by atoms with Crippen LogP contribution in [0.4, 0.5) is 0 Å². The Kier molecular flexibility index (Phi) is 5.55. The van der Waals surface area contributed by atoms with Crippen molar-refractivity contribution in [2.24, 2.45) is 5.92 Å². The normalized spacial score (nSPS) is 26.6. The van der Waals surface area contributed by atoms with Gasteiger partial charge in [0.2, 0.25) is 5.91 Å². The minimum Gasteiger partial charge on any atom is -0.480 e. The van der Waals surface area contributed by atoms with E-state index in [4.69, 9.17) is 5.11 Å². The molecule has 3 atom stereocenters. The van der Waals surface area contributed by atoms with Crippen molar-refractivity contribution in [3.63, 3.8) is 0 Å². The van der Waals surface area contributed by atoms with E-state index in [1.54, 1.807) is 0 Å². The molecule has 0 spiro atoms. The van der Waals surface area contributed by atoms with Gasteiger partial charge in [0.1, 0.15) is 6.04 Å². The van der Waals surface area contributed by atoms with E-state index < -0.39 is 12.0 Å². The largest absolute Gasteiger partial charge is 0.480 e. The molecule has 18 heavy (non-hydrogen) atoms. The molecule has 0 saturated carbocycles. The minimum atomic E-state index is -1.00. The lowest BCUT2D eigenvalue weighted by Crippen LogP contribution is -2.53.